The Labute approximate surface area is 454 Å². The van der Waals surface area contributed by atoms with Gasteiger partial charge in [-0.1, -0.05) is 281 Å². The van der Waals surface area contributed by atoms with Crippen molar-refractivity contribution in [3.8, 4) is 0 Å². The van der Waals surface area contributed by atoms with Crippen LogP contribution in [0.4, 0.5) is 0 Å². The second kappa shape index (κ2) is 55.2. The normalized spacial score (nSPS) is 14.1. The number of unbranched alkanes of at least 4 members (excludes halogenated alkanes) is 39. The van der Waals surface area contributed by atoms with E-state index in [9.17, 15) is 19.4 Å². The number of rotatable bonds is 58. The molecule has 0 spiro atoms. The number of allylic oxidation sites excluding steroid dienone is 7. The summed E-state index contributed by atoms with van der Waals surface area (Å²) >= 11 is 0. The van der Waals surface area contributed by atoms with Gasteiger partial charge in [0.05, 0.1) is 39.9 Å². The number of phosphoric acid groups is 1. The van der Waals surface area contributed by atoms with Crippen molar-refractivity contribution in [1.82, 2.24) is 5.32 Å². The number of quaternary nitrogens is 1. The van der Waals surface area contributed by atoms with Crippen molar-refractivity contribution in [3.63, 3.8) is 0 Å². The Morgan fingerprint density at radius 2 is 0.781 bits per heavy atom. The van der Waals surface area contributed by atoms with Crippen molar-refractivity contribution in [2.24, 2.45) is 0 Å². The van der Waals surface area contributed by atoms with E-state index in [0.717, 1.165) is 51.4 Å². The molecule has 0 saturated heterocycles. The van der Waals surface area contributed by atoms with Crippen LogP contribution in [0.5, 0.6) is 0 Å². The van der Waals surface area contributed by atoms with Crippen molar-refractivity contribution in [2.75, 3.05) is 40.9 Å². The number of phosphoric ester groups is 1. The third-order valence-electron chi connectivity index (χ3n) is 14.2. The van der Waals surface area contributed by atoms with E-state index >= 15 is 0 Å². The second-order valence-corrected chi connectivity index (χ2v) is 24.2. The van der Waals surface area contributed by atoms with E-state index in [1.165, 1.54) is 231 Å². The second-order valence-electron chi connectivity index (χ2n) is 22.7. The maximum atomic E-state index is 12.9. The van der Waals surface area contributed by atoms with Gasteiger partial charge in [0.2, 0.25) is 5.91 Å². The lowest BCUT2D eigenvalue weighted by Crippen LogP contribution is -2.45. The first-order chi connectivity index (χ1) is 35.5. The zero-order valence-electron chi connectivity index (χ0n) is 49.1. The Kier molecular flexibility index (Phi) is 54.1. The van der Waals surface area contributed by atoms with Crippen molar-refractivity contribution in [2.45, 2.75) is 315 Å². The lowest BCUT2D eigenvalue weighted by molar-refractivity contribution is -0.870. The van der Waals surface area contributed by atoms with Gasteiger partial charge >= 0.3 is 0 Å². The van der Waals surface area contributed by atoms with Gasteiger partial charge in [0.25, 0.3) is 7.82 Å². The number of likely N-dealkylation sites (N-methyl/N-ethyl adjacent to an activating group) is 1. The van der Waals surface area contributed by atoms with Crippen LogP contribution in [0.3, 0.4) is 0 Å². The van der Waals surface area contributed by atoms with Crippen LogP contribution in [0.25, 0.3) is 0 Å². The first-order valence-electron chi connectivity index (χ1n) is 31.5. The minimum Gasteiger partial charge on any atom is -0.756 e. The highest BCUT2D eigenvalue weighted by Gasteiger charge is 2.23. The van der Waals surface area contributed by atoms with Gasteiger partial charge < -0.3 is 28.8 Å². The lowest BCUT2D eigenvalue weighted by Gasteiger charge is -2.29. The monoisotopic (exact) mass is 1050 g/mol. The first kappa shape index (κ1) is 71.5. The third kappa shape index (κ3) is 58.0. The molecule has 0 aromatic heterocycles. The summed E-state index contributed by atoms with van der Waals surface area (Å²) in [5.74, 6) is -0.208. The van der Waals surface area contributed by atoms with E-state index in [1.54, 1.807) is 6.08 Å². The van der Waals surface area contributed by atoms with Crippen LogP contribution in [-0.2, 0) is 18.4 Å². The summed E-state index contributed by atoms with van der Waals surface area (Å²) < 4.78 is 23.3. The summed E-state index contributed by atoms with van der Waals surface area (Å²) in [6.07, 6.45) is 73.9. The van der Waals surface area contributed by atoms with Crippen LogP contribution >= 0.6 is 7.82 Å². The Morgan fingerprint density at radius 1 is 0.466 bits per heavy atom. The van der Waals surface area contributed by atoms with E-state index in [1.807, 2.05) is 27.2 Å². The molecule has 8 nitrogen and oxygen atoms in total. The molecule has 73 heavy (non-hydrogen) atoms. The predicted octanol–water partition coefficient (Wildman–Crippen LogP) is 18.9. The van der Waals surface area contributed by atoms with Gasteiger partial charge in [-0.25, -0.2) is 0 Å². The molecule has 2 N–H and O–H groups in total. The number of hydrogen-bond acceptors (Lipinski definition) is 6. The highest BCUT2D eigenvalue weighted by Crippen LogP contribution is 2.38. The fourth-order valence-electron chi connectivity index (χ4n) is 9.29. The lowest BCUT2D eigenvalue weighted by atomic mass is 10.0. The smallest absolute Gasteiger partial charge is 0.268 e. The van der Waals surface area contributed by atoms with Crippen molar-refractivity contribution < 1.29 is 32.9 Å². The number of hydrogen-bond donors (Lipinski definition) is 2. The van der Waals surface area contributed by atoms with E-state index in [0.29, 0.717) is 17.4 Å². The van der Waals surface area contributed by atoms with Crippen LogP contribution in [0.1, 0.15) is 303 Å². The largest absolute Gasteiger partial charge is 0.756 e. The zero-order valence-corrected chi connectivity index (χ0v) is 50.0. The van der Waals surface area contributed by atoms with Gasteiger partial charge in [-0.3, -0.25) is 9.36 Å². The molecule has 0 aromatic carbocycles. The van der Waals surface area contributed by atoms with E-state index in [4.69, 9.17) is 9.05 Å². The first-order valence-corrected chi connectivity index (χ1v) is 33.0. The molecule has 3 unspecified atom stereocenters. The molecule has 0 fully saturated rings. The zero-order chi connectivity index (χ0) is 53.5. The molecular weight excluding hydrogens is 924 g/mol. The van der Waals surface area contributed by atoms with Gasteiger partial charge in [0.15, 0.2) is 0 Å². The number of amides is 1. The average molecular weight is 1050 g/mol. The summed E-state index contributed by atoms with van der Waals surface area (Å²) in [4.78, 5) is 25.4. The maximum absolute atomic E-state index is 12.9. The number of aliphatic hydroxyl groups excluding tert-OH is 1. The molecule has 1 amide bonds. The molecule has 0 saturated carbocycles. The summed E-state index contributed by atoms with van der Waals surface area (Å²) in [6, 6.07) is -0.908. The average Bonchev–Trinajstić information content (AvgIpc) is 3.35. The van der Waals surface area contributed by atoms with Crippen LogP contribution in [0.2, 0.25) is 0 Å². The highest BCUT2D eigenvalue weighted by molar-refractivity contribution is 7.45. The van der Waals surface area contributed by atoms with Gasteiger partial charge in [-0.2, -0.15) is 0 Å². The van der Waals surface area contributed by atoms with Crippen LogP contribution in [-0.4, -0.2) is 68.5 Å². The summed E-state index contributed by atoms with van der Waals surface area (Å²) in [5, 5.41) is 13.8. The molecule has 0 radical (unpaired) electrons. The molecule has 3 atom stereocenters. The number of nitrogens with one attached hydrogen (secondary N) is 1. The number of nitrogens with zero attached hydrogens (tertiary/aromatic N) is 1. The molecule has 0 aromatic rings. The van der Waals surface area contributed by atoms with E-state index in [2.05, 4.69) is 55.6 Å². The van der Waals surface area contributed by atoms with Crippen molar-refractivity contribution >= 4 is 13.7 Å². The Balaban J connectivity index is 3.85. The van der Waals surface area contributed by atoms with Crippen LogP contribution in [0, 0.1) is 0 Å². The minimum absolute atomic E-state index is 0.00840. The fraction of sp³-hybridized carbons (Fsp3) is 0.859. The Bertz CT molecular complexity index is 1330. The summed E-state index contributed by atoms with van der Waals surface area (Å²) in [6.45, 7) is 4.59. The molecule has 9 heteroatoms. The molecule has 0 bridgehead atoms. The maximum Gasteiger partial charge on any atom is 0.268 e. The molecule has 0 rings (SSSR count). The predicted molar refractivity (Wildman–Crippen MR) is 316 cm³/mol. The van der Waals surface area contributed by atoms with Gasteiger partial charge in [-0.05, 0) is 64.2 Å². The van der Waals surface area contributed by atoms with Gasteiger partial charge in [-0.15, -0.1) is 0 Å². The quantitative estimate of drug-likeness (QED) is 0.0272. The van der Waals surface area contributed by atoms with Gasteiger partial charge in [0, 0.05) is 6.42 Å². The van der Waals surface area contributed by atoms with Gasteiger partial charge in [0.1, 0.15) is 13.2 Å². The topological polar surface area (TPSA) is 108 Å². The molecule has 0 heterocycles. The van der Waals surface area contributed by atoms with E-state index < -0.39 is 26.6 Å². The third-order valence-corrected chi connectivity index (χ3v) is 15.2. The number of carbonyl (C=O) groups is 1. The van der Waals surface area contributed by atoms with Crippen molar-refractivity contribution in [1.29, 1.82) is 0 Å². The molecule has 0 aliphatic heterocycles. The minimum atomic E-state index is -4.60. The summed E-state index contributed by atoms with van der Waals surface area (Å²) in [7, 11) is 1.24. The molecule has 0 aliphatic rings. The van der Waals surface area contributed by atoms with E-state index in [-0.39, 0.29) is 12.5 Å². The summed E-state index contributed by atoms with van der Waals surface area (Å²) in [5.41, 5.74) is 0. The standard InChI is InChI=1S/C64H123N2O6P/c1-6-8-10-12-14-16-18-20-21-22-23-24-25-26-27-28-29-30-31-32-33-34-35-36-37-38-39-40-41-42-43-44-45-46-48-50-52-54-56-58-64(68)65-62(61-72-73(69,70)71-60-59-66(3,4)5)63(67)57-55-53-51-49-47-19-17-15-13-11-9-7-2/h13,15,22-23,47,49,55,57,62-63,67H,6-12,14,16-21,24-46,48,50-54,56,58-61H2,1-5H3,(H-,65,68,69,70)/b15-13+,23-22-,49-47+,57-55+. The van der Waals surface area contributed by atoms with Crippen molar-refractivity contribution in [3.05, 3.63) is 48.6 Å². The Morgan fingerprint density at radius 3 is 1.15 bits per heavy atom. The van der Waals surface area contributed by atoms with Crippen LogP contribution in [0.15, 0.2) is 48.6 Å². The highest BCUT2D eigenvalue weighted by atomic mass is 31.2. The molecule has 0 aliphatic carbocycles. The number of carbonyl (C=O) groups excluding carboxylic acids is 1. The van der Waals surface area contributed by atoms with Crippen LogP contribution < -0.4 is 10.2 Å². The molecule has 430 valence electrons. The number of aliphatic hydroxyl groups is 1. The molecular formula is C64H123N2O6P. The fourth-order valence-corrected chi connectivity index (χ4v) is 10.0. The Hall–Kier alpha value is -1.54. The SMILES string of the molecule is CCCC/C=C/CC/C=C/CC/C=C/C(O)C(COP(=O)([O-])OCC[N+](C)(C)C)NC(=O)CCCCCCCCCCCCCCCCCCCCCCCCCCCCC/C=C\CCCCCCCCCC.